The number of rotatable bonds is 7. The maximum atomic E-state index is 13.4. The van der Waals surface area contributed by atoms with E-state index in [9.17, 15) is 18.0 Å². The van der Waals surface area contributed by atoms with Gasteiger partial charge in [0.1, 0.15) is 24.6 Å². The van der Waals surface area contributed by atoms with E-state index in [-0.39, 0.29) is 18.1 Å². The first kappa shape index (κ1) is 25.5. The molecule has 0 unspecified atom stereocenters. The van der Waals surface area contributed by atoms with Crippen LogP contribution in [0.4, 0.5) is 13.2 Å². The number of morpholine rings is 1. The zero-order chi connectivity index (χ0) is 25.8. The third-order valence-corrected chi connectivity index (χ3v) is 6.74. The van der Waals surface area contributed by atoms with Crippen molar-refractivity contribution in [3.05, 3.63) is 42.2 Å². The number of amides is 1. The first-order chi connectivity index (χ1) is 17.9. The Labute approximate surface area is 212 Å². The summed E-state index contributed by atoms with van der Waals surface area (Å²) >= 11 is 0. The minimum absolute atomic E-state index is 0.0612. The fraction of sp³-hybridized carbons (Fsp3) is 0.500. The lowest BCUT2D eigenvalue weighted by molar-refractivity contribution is -0.141. The number of piperidine rings is 1. The molecule has 0 saturated carbocycles. The molecule has 2 saturated heterocycles. The van der Waals surface area contributed by atoms with E-state index in [0.29, 0.717) is 55.1 Å². The largest absolute Gasteiger partial charge is 0.491 e. The molecule has 2 aromatic heterocycles. The number of nitrogens with zero attached hydrogens (tertiary/aromatic N) is 5. The summed E-state index contributed by atoms with van der Waals surface area (Å²) in [6, 6.07) is 7.29. The maximum Gasteiger partial charge on any atom is 0.433 e. The summed E-state index contributed by atoms with van der Waals surface area (Å²) in [5, 5.41) is 5.23. The summed E-state index contributed by atoms with van der Waals surface area (Å²) in [4.78, 5) is 20.6. The molecule has 0 spiro atoms. The number of hydrogen-bond donors (Lipinski definition) is 0. The zero-order valence-corrected chi connectivity index (χ0v) is 20.5. The third kappa shape index (κ3) is 6.22. The van der Waals surface area contributed by atoms with Crippen molar-refractivity contribution in [3.8, 4) is 17.0 Å². The first-order valence-corrected chi connectivity index (χ1v) is 12.6. The number of pyridine rings is 1. The number of aromatic nitrogens is 3. The van der Waals surface area contributed by atoms with Crippen LogP contribution in [-0.4, -0.2) is 83.0 Å². The number of carbonyl (C=O) groups excluding carboxylic acids is 1. The van der Waals surface area contributed by atoms with E-state index in [1.807, 2.05) is 0 Å². The Morgan fingerprint density at radius 2 is 1.84 bits per heavy atom. The molecule has 0 N–H and O–H groups in total. The number of ether oxygens (including phenoxy) is 2. The van der Waals surface area contributed by atoms with Crippen LogP contribution in [0.1, 0.15) is 25.0 Å². The summed E-state index contributed by atoms with van der Waals surface area (Å²) in [7, 11) is 0. The van der Waals surface area contributed by atoms with Gasteiger partial charge in [0.25, 0.3) is 0 Å². The molecule has 37 heavy (non-hydrogen) atoms. The molecule has 0 atom stereocenters. The lowest BCUT2D eigenvalue weighted by Gasteiger charge is -2.26. The van der Waals surface area contributed by atoms with Crippen LogP contribution in [0, 0.1) is 0 Å². The van der Waals surface area contributed by atoms with Crippen LogP contribution < -0.4 is 4.74 Å². The Kier molecular flexibility index (Phi) is 7.61. The molecule has 198 valence electrons. The third-order valence-electron chi connectivity index (χ3n) is 6.74. The van der Waals surface area contributed by atoms with Crippen molar-refractivity contribution >= 4 is 16.8 Å². The van der Waals surface area contributed by atoms with Crippen molar-refractivity contribution in [2.24, 2.45) is 0 Å². The molecule has 3 aromatic rings. The monoisotopic (exact) mass is 517 g/mol. The van der Waals surface area contributed by atoms with Gasteiger partial charge in [-0.05, 0) is 44.1 Å². The molecule has 1 amide bonds. The molecule has 0 bridgehead atoms. The molecular formula is C26H30F3N5O3. The second-order valence-electron chi connectivity index (χ2n) is 9.38. The summed E-state index contributed by atoms with van der Waals surface area (Å²) in [5.41, 5.74) is 0.257. The second-order valence-corrected chi connectivity index (χ2v) is 9.38. The van der Waals surface area contributed by atoms with E-state index in [4.69, 9.17) is 9.47 Å². The van der Waals surface area contributed by atoms with Crippen molar-refractivity contribution < 1.29 is 27.4 Å². The first-order valence-electron chi connectivity index (χ1n) is 12.6. The highest BCUT2D eigenvalue weighted by Crippen LogP contribution is 2.35. The van der Waals surface area contributed by atoms with Gasteiger partial charge in [-0.2, -0.15) is 18.3 Å². The number of halogens is 3. The number of hydrogen-bond acceptors (Lipinski definition) is 6. The average Bonchev–Trinajstić information content (AvgIpc) is 3.30. The molecule has 0 aliphatic carbocycles. The van der Waals surface area contributed by atoms with Gasteiger partial charge in [-0.3, -0.25) is 14.4 Å². The zero-order valence-electron chi connectivity index (χ0n) is 20.5. The molecule has 0 radical (unpaired) electrons. The second kappa shape index (κ2) is 11.1. The maximum absolute atomic E-state index is 13.4. The van der Waals surface area contributed by atoms with Crippen molar-refractivity contribution in [1.29, 1.82) is 0 Å². The van der Waals surface area contributed by atoms with Crippen molar-refractivity contribution in [3.63, 3.8) is 0 Å². The van der Waals surface area contributed by atoms with Gasteiger partial charge in [-0.25, -0.2) is 4.98 Å². The highest BCUT2D eigenvalue weighted by Gasteiger charge is 2.32. The Hall–Kier alpha value is -3.18. The summed E-state index contributed by atoms with van der Waals surface area (Å²) < 4.78 is 53.1. The topological polar surface area (TPSA) is 72.7 Å². The number of benzene rings is 1. The lowest BCUT2D eigenvalue weighted by atomic mass is 10.1. The standard InChI is InChI=1S/C26H30F3N5O3/c27-26(28,29)24-6-4-5-21(30-24)20-15-19-17-34(18-25(35)33-10-12-36-13-11-33)31-22(19)16-23(20)37-14-9-32-7-2-1-3-8-32/h4-6,15-17H,1-3,7-14,18H2. The van der Waals surface area contributed by atoms with Crippen LogP contribution >= 0.6 is 0 Å². The highest BCUT2D eigenvalue weighted by molar-refractivity contribution is 5.87. The van der Waals surface area contributed by atoms with E-state index in [0.717, 1.165) is 38.5 Å². The number of carbonyl (C=O) groups is 1. The normalized spacial score (nSPS) is 17.3. The SMILES string of the molecule is O=C(Cn1cc2cc(-c3cccc(C(F)(F)F)n3)c(OCCN3CCCCC3)cc2n1)N1CCOCC1. The molecule has 1 aromatic carbocycles. The van der Waals surface area contributed by atoms with Crippen LogP contribution in [0.15, 0.2) is 36.5 Å². The fourth-order valence-electron chi connectivity index (χ4n) is 4.77. The van der Waals surface area contributed by atoms with E-state index in [2.05, 4.69) is 15.0 Å². The predicted molar refractivity (Wildman–Crippen MR) is 131 cm³/mol. The Bertz CT molecular complexity index is 1230. The van der Waals surface area contributed by atoms with Crippen molar-refractivity contribution in [2.75, 3.05) is 52.5 Å². The van der Waals surface area contributed by atoms with Gasteiger partial charge < -0.3 is 14.4 Å². The number of fused-ring (bicyclic) bond motifs is 1. The van der Waals surface area contributed by atoms with Gasteiger partial charge in [0.2, 0.25) is 5.91 Å². The number of alkyl halides is 3. The van der Waals surface area contributed by atoms with Gasteiger partial charge in [0.05, 0.1) is 24.4 Å². The van der Waals surface area contributed by atoms with Gasteiger partial charge >= 0.3 is 6.18 Å². The number of likely N-dealkylation sites (tertiary alicyclic amines) is 1. The van der Waals surface area contributed by atoms with Crippen LogP contribution in [0.2, 0.25) is 0 Å². The van der Waals surface area contributed by atoms with Crippen LogP contribution in [0.25, 0.3) is 22.2 Å². The summed E-state index contributed by atoms with van der Waals surface area (Å²) in [5.74, 6) is 0.356. The molecule has 5 rings (SSSR count). The van der Waals surface area contributed by atoms with Gasteiger partial charge in [0, 0.05) is 42.8 Å². The highest BCUT2D eigenvalue weighted by atomic mass is 19.4. The molecule has 8 nitrogen and oxygen atoms in total. The molecule has 4 heterocycles. The van der Waals surface area contributed by atoms with Gasteiger partial charge in [-0.1, -0.05) is 12.5 Å². The van der Waals surface area contributed by atoms with Crippen molar-refractivity contribution in [2.45, 2.75) is 32.0 Å². The average molecular weight is 518 g/mol. The van der Waals surface area contributed by atoms with E-state index in [1.54, 1.807) is 34.0 Å². The van der Waals surface area contributed by atoms with Crippen LogP contribution in [-0.2, 0) is 22.3 Å². The minimum atomic E-state index is -4.56. The summed E-state index contributed by atoms with van der Waals surface area (Å²) in [6.45, 7) is 5.34. The fourth-order valence-corrected chi connectivity index (χ4v) is 4.77. The predicted octanol–water partition coefficient (Wildman–Crippen LogP) is 3.84. The Morgan fingerprint density at radius 1 is 1.05 bits per heavy atom. The molecule has 2 aliphatic heterocycles. The van der Waals surface area contributed by atoms with E-state index in [1.165, 1.54) is 12.5 Å². The van der Waals surface area contributed by atoms with E-state index < -0.39 is 11.9 Å². The molecule has 11 heteroatoms. The molecular weight excluding hydrogens is 487 g/mol. The molecule has 2 fully saturated rings. The lowest BCUT2D eigenvalue weighted by Crippen LogP contribution is -2.42. The van der Waals surface area contributed by atoms with Crippen molar-refractivity contribution in [1.82, 2.24) is 24.6 Å². The van der Waals surface area contributed by atoms with Crippen LogP contribution in [0.3, 0.4) is 0 Å². The Morgan fingerprint density at radius 3 is 2.59 bits per heavy atom. The smallest absolute Gasteiger partial charge is 0.433 e. The van der Waals surface area contributed by atoms with Gasteiger partial charge in [-0.15, -0.1) is 0 Å². The van der Waals surface area contributed by atoms with Gasteiger partial charge in [0.15, 0.2) is 0 Å². The minimum Gasteiger partial charge on any atom is -0.491 e. The Balaban J connectivity index is 1.42. The molecule has 2 aliphatic rings. The summed E-state index contributed by atoms with van der Waals surface area (Å²) in [6.07, 6.45) is 0.719. The van der Waals surface area contributed by atoms with E-state index >= 15 is 0 Å². The van der Waals surface area contributed by atoms with Crippen LogP contribution in [0.5, 0.6) is 5.75 Å². The quantitative estimate of drug-likeness (QED) is 0.474.